The third-order valence-corrected chi connectivity index (χ3v) is 9.13. The number of amides is 2. The number of carbonyl (C=O) groups is 2. The minimum atomic E-state index is 0.0973. The Morgan fingerprint density at radius 3 is 1.15 bits per heavy atom. The van der Waals surface area contributed by atoms with Crippen molar-refractivity contribution in [2.75, 3.05) is 13.1 Å². The minimum absolute atomic E-state index is 0.0973. The van der Waals surface area contributed by atoms with Gasteiger partial charge in [0.1, 0.15) is 0 Å². The van der Waals surface area contributed by atoms with Gasteiger partial charge in [-0.2, -0.15) is 0 Å². The zero-order valence-corrected chi connectivity index (χ0v) is 28.3. The fraction of sp³-hybridized carbons (Fsp3) is 0.946. The van der Waals surface area contributed by atoms with Crippen LogP contribution in [0.4, 0.5) is 0 Å². The molecule has 0 fully saturated rings. The predicted octanol–water partition coefficient (Wildman–Crippen LogP) is 11.1. The van der Waals surface area contributed by atoms with Crippen LogP contribution in [0, 0.1) is 11.8 Å². The number of unbranched alkanes of at least 4 members (excludes halogenated alkanes) is 20. The molecule has 41 heavy (non-hydrogen) atoms. The Bertz CT molecular complexity index is 539. The summed E-state index contributed by atoms with van der Waals surface area (Å²) in [6, 6.07) is 0. The Morgan fingerprint density at radius 2 is 0.805 bits per heavy atom. The van der Waals surface area contributed by atoms with E-state index in [2.05, 4.69) is 24.5 Å². The summed E-state index contributed by atoms with van der Waals surface area (Å²) in [5.74, 6) is 1.93. The van der Waals surface area contributed by atoms with Crippen molar-refractivity contribution in [3.8, 4) is 0 Å². The van der Waals surface area contributed by atoms with E-state index in [1.807, 2.05) is 0 Å². The van der Waals surface area contributed by atoms with E-state index in [0.717, 1.165) is 44.2 Å². The third-order valence-electron chi connectivity index (χ3n) is 9.13. The van der Waals surface area contributed by atoms with Gasteiger partial charge in [0, 0.05) is 20.0 Å². The van der Waals surface area contributed by atoms with Gasteiger partial charge in [-0.3, -0.25) is 9.59 Å². The first kappa shape index (κ1) is 39.9. The van der Waals surface area contributed by atoms with Gasteiger partial charge in [0.15, 0.2) is 0 Å². The summed E-state index contributed by atoms with van der Waals surface area (Å²) in [4.78, 5) is 21.5. The predicted molar refractivity (Wildman–Crippen MR) is 180 cm³/mol. The van der Waals surface area contributed by atoms with Crippen LogP contribution in [-0.2, 0) is 9.59 Å². The van der Waals surface area contributed by atoms with E-state index in [1.165, 1.54) is 167 Å². The number of nitrogens with one attached hydrogen (secondary N) is 2. The molecule has 0 spiro atoms. The largest absolute Gasteiger partial charge is 0.359 e. The first-order chi connectivity index (χ1) is 20.2. The smallest absolute Gasteiger partial charge is 0.216 e. The third kappa shape index (κ3) is 30.2. The summed E-state index contributed by atoms with van der Waals surface area (Å²) in [6.07, 6.45) is 39.2. The van der Waals surface area contributed by atoms with E-state index in [1.54, 1.807) is 6.92 Å². The van der Waals surface area contributed by atoms with Crippen molar-refractivity contribution >= 4 is 12.3 Å². The molecule has 2 atom stereocenters. The lowest BCUT2D eigenvalue weighted by molar-refractivity contribution is -0.119. The van der Waals surface area contributed by atoms with Crippen LogP contribution in [0.1, 0.15) is 201 Å². The van der Waals surface area contributed by atoms with Gasteiger partial charge in [-0.25, -0.2) is 0 Å². The Kier molecular flexibility index (Phi) is 32.6. The van der Waals surface area contributed by atoms with Crippen LogP contribution in [0.5, 0.6) is 0 Å². The average molecular weight is 579 g/mol. The maximum Gasteiger partial charge on any atom is 0.216 e. The fourth-order valence-electron chi connectivity index (χ4n) is 6.51. The van der Waals surface area contributed by atoms with E-state index >= 15 is 0 Å². The molecule has 0 radical (unpaired) electrons. The van der Waals surface area contributed by atoms with Gasteiger partial charge in [0.05, 0.1) is 0 Å². The van der Waals surface area contributed by atoms with Crippen molar-refractivity contribution in [2.45, 2.75) is 201 Å². The van der Waals surface area contributed by atoms with Gasteiger partial charge in [-0.1, -0.05) is 181 Å². The molecule has 0 saturated heterocycles. The maximum absolute atomic E-state index is 11.1. The first-order valence-electron chi connectivity index (χ1n) is 18.6. The molecule has 0 saturated carbocycles. The molecular formula is C37H74N2O2. The average Bonchev–Trinajstić information content (AvgIpc) is 2.96. The van der Waals surface area contributed by atoms with Gasteiger partial charge >= 0.3 is 0 Å². The molecule has 4 heteroatoms. The second-order valence-electron chi connectivity index (χ2n) is 13.0. The Labute approximate surface area is 257 Å². The lowest BCUT2D eigenvalue weighted by atomic mass is 9.78. The Balaban J connectivity index is 4.76. The topological polar surface area (TPSA) is 58.2 Å². The lowest BCUT2D eigenvalue weighted by Crippen LogP contribution is -2.20. The van der Waals surface area contributed by atoms with Crippen molar-refractivity contribution in [2.24, 2.45) is 11.8 Å². The second kappa shape index (κ2) is 33.4. The molecule has 4 nitrogen and oxygen atoms in total. The van der Waals surface area contributed by atoms with Crippen LogP contribution in [0.3, 0.4) is 0 Å². The molecule has 0 aromatic rings. The first-order valence-corrected chi connectivity index (χ1v) is 18.6. The molecule has 0 rings (SSSR count). The number of rotatable bonds is 34. The van der Waals surface area contributed by atoms with Gasteiger partial charge < -0.3 is 10.6 Å². The van der Waals surface area contributed by atoms with Crippen LogP contribution in [0.25, 0.3) is 0 Å². The summed E-state index contributed by atoms with van der Waals surface area (Å²) in [5.41, 5.74) is 0. The van der Waals surface area contributed by atoms with E-state index < -0.39 is 0 Å². The Hall–Kier alpha value is -1.06. The zero-order chi connectivity index (χ0) is 30.1. The number of hydrogen-bond donors (Lipinski definition) is 2. The molecule has 0 aromatic carbocycles. The highest BCUT2D eigenvalue weighted by molar-refractivity contribution is 5.72. The molecule has 0 aliphatic rings. The molecule has 0 heterocycles. The van der Waals surface area contributed by atoms with E-state index in [-0.39, 0.29) is 5.91 Å². The van der Waals surface area contributed by atoms with E-state index in [0.29, 0.717) is 0 Å². The molecule has 2 amide bonds. The number of carbonyl (C=O) groups excluding carboxylic acids is 2. The monoisotopic (exact) mass is 579 g/mol. The van der Waals surface area contributed by atoms with Gasteiger partial charge in [-0.15, -0.1) is 0 Å². The minimum Gasteiger partial charge on any atom is -0.359 e. The molecule has 2 N–H and O–H groups in total. The van der Waals surface area contributed by atoms with Crippen LogP contribution in [0.2, 0.25) is 0 Å². The molecule has 0 aliphatic heterocycles. The highest BCUT2D eigenvalue weighted by Crippen LogP contribution is 2.33. The zero-order valence-electron chi connectivity index (χ0n) is 28.3. The van der Waals surface area contributed by atoms with Gasteiger partial charge in [0.25, 0.3) is 0 Å². The molecule has 0 aliphatic carbocycles. The fourth-order valence-corrected chi connectivity index (χ4v) is 6.51. The number of hydrogen-bond acceptors (Lipinski definition) is 2. The molecule has 0 aromatic heterocycles. The SMILES string of the molecule is CCCCCCCCCC(CCCCCCCNC=O)C(CCCCCCCCC)CCCCCCCNC(C)=O. The van der Waals surface area contributed by atoms with Crippen molar-refractivity contribution in [3.05, 3.63) is 0 Å². The lowest BCUT2D eigenvalue weighted by Gasteiger charge is -2.28. The standard InChI is InChI=1S/C37H74N2O2/c1-4-6-8-10-12-16-22-28-36(30-24-18-14-20-26-32-38-34-40)37(29-23-17-13-11-9-7-5-2)31-25-19-15-21-27-33-39-35(3)41/h34,36-37H,4-33H2,1-3H3,(H,38,40)(H,39,41). The van der Waals surface area contributed by atoms with Crippen molar-refractivity contribution in [1.29, 1.82) is 0 Å². The summed E-state index contributed by atoms with van der Waals surface area (Å²) < 4.78 is 0. The molecule has 244 valence electrons. The normalized spacial score (nSPS) is 12.8. The van der Waals surface area contributed by atoms with E-state index in [9.17, 15) is 9.59 Å². The van der Waals surface area contributed by atoms with Crippen molar-refractivity contribution in [1.82, 2.24) is 10.6 Å². The van der Waals surface area contributed by atoms with Crippen LogP contribution < -0.4 is 10.6 Å². The van der Waals surface area contributed by atoms with Gasteiger partial charge in [0.2, 0.25) is 12.3 Å². The van der Waals surface area contributed by atoms with Crippen molar-refractivity contribution < 1.29 is 9.59 Å². The van der Waals surface area contributed by atoms with Crippen LogP contribution >= 0.6 is 0 Å². The highest BCUT2D eigenvalue weighted by Gasteiger charge is 2.20. The van der Waals surface area contributed by atoms with Crippen molar-refractivity contribution in [3.63, 3.8) is 0 Å². The van der Waals surface area contributed by atoms with E-state index in [4.69, 9.17) is 0 Å². The Morgan fingerprint density at radius 1 is 0.488 bits per heavy atom. The summed E-state index contributed by atoms with van der Waals surface area (Å²) in [7, 11) is 0. The second-order valence-corrected chi connectivity index (χ2v) is 13.0. The van der Waals surface area contributed by atoms with Crippen LogP contribution in [0.15, 0.2) is 0 Å². The van der Waals surface area contributed by atoms with Gasteiger partial charge in [-0.05, 0) is 24.7 Å². The molecular weight excluding hydrogens is 504 g/mol. The summed E-state index contributed by atoms with van der Waals surface area (Å²) >= 11 is 0. The molecule has 0 bridgehead atoms. The van der Waals surface area contributed by atoms with Crippen LogP contribution in [-0.4, -0.2) is 25.4 Å². The maximum atomic E-state index is 11.1. The summed E-state index contributed by atoms with van der Waals surface area (Å²) in [5, 5.41) is 5.74. The summed E-state index contributed by atoms with van der Waals surface area (Å²) in [6.45, 7) is 7.90. The quantitative estimate of drug-likeness (QED) is 0.0589. The highest BCUT2D eigenvalue weighted by atomic mass is 16.1. The molecule has 2 unspecified atom stereocenters.